The van der Waals surface area contributed by atoms with Gasteiger partial charge in [0.2, 0.25) is 0 Å². The first-order valence-corrected chi connectivity index (χ1v) is 20.2. The van der Waals surface area contributed by atoms with E-state index in [1.807, 2.05) is 0 Å². The minimum Gasteiger partial charge on any atom is -0.310 e. The normalized spacial score (nSPS) is 26.4. The fraction of sp³-hybridized carbons (Fsp3) is 0.294. The van der Waals surface area contributed by atoms with Gasteiger partial charge in [-0.3, -0.25) is 0 Å². The molecule has 6 aliphatic rings. The lowest BCUT2D eigenvalue weighted by atomic mass is 9.54. The van der Waals surface area contributed by atoms with Gasteiger partial charge < -0.3 is 4.90 Å². The van der Waals surface area contributed by atoms with Crippen molar-refractivity contribution >= 4 is 17.1 Å². The molecule has 0 aromatic heterocycles. The molecule has 0 radical (unpaired) electrons. The van der Waals surface area contributed by atoms with E-state index in [2.05, 4.69) is 144 Å². The van der Waals surface area contributed by atoms with Gasteiger partial charge in [0.15, 0.2) is 0 Å². The van der Waals surface area contributed by atoms with Crippen molar-refractivity contribution in [2.45, 2.75) is 68.6 Å². The molecule has 0 heterocycles. The molecule has 2 spiro atoms. The molecule has 4 saturated carbocycles. The SMILES string of the molecule is c1ccc(-c2ccc(N(c3ccc4c(c3)C3(CCCC3)c3ccccc3-4)c3ccc4c(c3)C3(c5ccccc5-4)C4CCC5CC3CC5C4)cc2)cc1. The Hall–Kier alpha value is -4.88. The highest BCUT2D eigenvalue weighted by atomic mass is 15.1. The summed E-state index contributed by atoms with van der Waals surface area (Å²) in [6, 6.07) is 54.0. The van der Waals surface area contributed by atoms with Crippen molar-refractivity contribution in [2.75, 3.05) is 4.90 Å². The Bertz CT molecular complexity index is 2370. The third-order valence-corrected chi connectivity index (χ3v) is 15.2. The summed E-state index contributed by atoms with van der Waals surface area (Å²) in [5.41, 5.74) is 18.8. The minimum atomic E-state index is 0.133. The summed E-state index contributed by atoms with van der Waals surface area (Å²) < 4.78 is 0. The highest BCUT2D eigenvalue weighted by Gasteiger charge is 2.62. The second-order valence-electron chi connectivity index (χ2n) is 17.2. The lowest BCUT2D eigenvalue weighted by molar-refractivity contribution is 0.106. The number of hydrogen-bond donors (Lipinski definition) is 0. The standard InChI is InChI=1S/C51H45N/c1-2-10-33(11-3-1)34-17-20-39(21-18-34)52(40-22-24-44-42-12-4-6-14-46(42)50(48(44)31-40)26-8-9-27-50)41-23-25-45-43-13-5-7-15-47(43)51(49(45)32-41)37-19-16-35-28-38(51)30-36(35)29-37/h1-7,10-15,17-18,20-25,31-32,35-38H,8-9,16,19,26-30H2. The molecule has 6 aliphatic carbocycles. The maximum atomic E-state index is 2.67. The summed E-state index contributed by atoms with van der Waals surface area (Å²) in [6.07, 6.45) is 12.2. The van der Waals surface area contributed by atoms with Crippen molar-refractivity contribution < 1.29 is 0 Å². The van der Waals surface area contributed by atoms with Crippen LogP contribution in [-0.4, -0.2) is 0 Å². The van der Waals surface area contributed by atoms with E-state index in [-0.39, 0.29) is 10.8 Å². The Morgan fingerprint density at radius 2 is 0.981 bits per heavy atom. The van der Waals surface area contributed by atoms with E-state index in [4.69, 9.17) is 0 Å². The van der Waals surface area contributed by atoms with Gasteiger partial charge in [-0.1, -0.05) is 116 Å². The first-order chi connectivity index (χ1) is 25.7. The van der Waals surface area contributed by atoms with E-state index in [0.29, 0.717) is 0 Å². The maximum absolute atomic E-state index is 2.67. The highest BCUT2D eigenvalue weighted by Crippen LogP contribution is 2.70. The van der Waals surface area contributed by atoms with Crippen LogP contribution in [0.25, 0.3) is 33.4 Å². The summed E-state index contributed by atoms with van der Waals surface area (Å²) in [5.74, 6) is 3.39. The molecule has 0 aliphatic heterocycles. The molecular weight excluding hydrogens is 627 g/mol. The highest BCUT2D eigenvalue weighted by molar-refractivity contribution is 5.89. The molecule has 52 heavy (non-hydrogen) atoms. The summed E-state index contributed by atoms with van der Waals surface area (Å²) in [4.78, 5) is 2.59. The lowest BCUT2D eigenvalue weighted by Gasteiger charge is -2.49. The van der Waals surface area contributed by atoms with Gasteiger partial charge in [0, 0.05) is 27.9 Å². The van der Waals surface area contributed by atoms with Crippen LogP contribution in [0, 0.1) is 23.7 Å². The van der Waals surface area contributed by atoms with Crippen LogP contribution in [0.2, 0.25) is 0 Å². The molecule has 0 amide bonds. The summed E-state index contributed by atoms with van der Waals surface area (Å²) in [5, 5.41) is 0. The zero-order valence-corrected chi connectivity index (χ0v) is 29.9. The smallest absolute Gasteiger partial charge is 0.0465 e. The number of rotatable bonds is 4. The predicted molar refractivity (Wildman–Crippen MR) is 215 cm³/mol. The molecular formula is C51H45N. The molecule has 4 fully saturated rings. The number of anilines is 3. The average molecular weight is 672 g/mol. The van der Waals surface area contributed by atoms with Crippen molar-refractivity contribution in [1.29, 1.82) is 0 Å². The van der Waals surface area contributed by atoms with Crippen LogP contribution < -0.4 is 4.90 Å². The van der Waals surface area contributed by atoms with Gasteiger partial charge in [-0.25, -0.2) is 0 Å². The minimum absolute atomic E-state index is 0.133. The van der Waals surface area contributed by atoms with Gasteiger partial charge in [-0.2, -0.15) is 0 Å². The molecule has 1 heteroatoms. The first-order valence-electron chi connectivity index (χ1n) is 20.2. The number of benzene rings is 6. The fourth-order valence-corrected chi connectivity index (χ4v) is 13.2. The zero-order valence-electron chi connectivity index (χ0n) is 29.9. The molecule has 5 unspecified atom stereocenters. The van der Waals surface area contributed by atoms with E-state index in [1.54, 1.807) is 22.3 Å². The Morgan fingerprint density at radius 3 is 1.75 bits per heavy atom. The van der Waals surface area contributed by atoms with Crippen LogP contribution in [0.5, 0.6) is 0 Å². The summed E-state index contributed by atoms with van der Waals surface area (Å²) >= 11 is 0. The molecule has 6 aromatic carbocycles. The molecule has 12 rings (SSSR count). The molecule has 1 nitrogen and oxygen atoms in total. The Morgan fingerprint density at radius 1 is 0.423 bits per heavy atom. The number of fused-ring (bicyclic) bond motifs is 14. The van der Waals surface area contributed by atoms with E-state index in [9.17, 15) is 0 Å². The van der Waals surface area contributed by atoms with Crippen LogP contribution in [0.3, 0.4) is 0 Å². The van der Waals surface area contributed by atoms with Gasteiger partial charge in [0.1, 0.15) is 0 Å². The van der Waals surface area contributed by atoms with Crippen molar-refractivity contribution in [2.24, 2.45) is 23.7 Å². The van der Waals surface area contributed by atoms with Crippen LogP contribution in [0.15, 0.2) is 140 Å². The number of hydrogen-bond acceptors (Lipinski definition) is 1. The number of nitrogens with zero attached hydrogens (tertiary/aromatic N) is 1. The molecule has 254 valence electrons. The summed E-state index contributed by atoms with van der Waals surface area (Å²) in [7, 11) is 0. The molecule has 3 bridgehead atoms. The molecule has 0 saturated heterocycles. The van der Waals surface area contributed by atoms with E-state index in [1.165, 1.54) is 108 Å². The van der Waals surface area contributed by atoms with Gasteiger partial charge >= 0.3 is 0 Å². The molecule has 6 aromatic rings. The molecule has 5 atom stereocenters. The van der Waals surface area contributed by atoms with E-state index < -0.39 is 0 Å². The topological polar surface area (TPSA) is 3.24 Å². The van der Waals surface area contributed by atoms with Gasteiger partial charge in [0.25, 0.3) is 0 Å². The lowest BCUT2D eigenvalue weighted by Crippen LogP contribution is -2.45. The Kier molecular flexibility index (Phi) is 6.18. The van der Waals surface area contributed by atoms with E-state index >= 15 is 0 Å². The van der Waals surface area contributed by atoms with Crippen LogP contribution >= 0.6 is 0 Å². The van der Waals surface area contributed by atoms with Crippen LogP contribution in [-0.2, 0) is 10.8 Å². The predicted octanol–water partition coefficient (Wildman–Crippen LogP) is 13.4. The second-order valence-corrected chi connectivity index (χ2v) is 17.2. The quantitative estimate of drug-likeness (QED) is 0.180. The third kappa shape index (κ3) is 3.85. The van der Waals surface area contributed by atoms with E-state index in [0.717, 1.165) is 23.7 Å². The van der Waals surface area contributed by atoms with Crippen LogP contribution in [0.1, 0.15) is 80.0 Å². The Labute approximate surface area is 308 Å². The Balaban J connectivity index is 1.06. The van der Waals surface area contributed by atoms with Gasteiger partial charge in [-0.15, -0.1) is 0 Å². The van der Waals surface area contributed by atoms with Crippen molar-refractivity contribution in [3.8, 4) is 33.4 Å². The maximum Gasteiger partial charge on any atom is 0.0465 e. The van der Waals surface area contributed by atoms with Gasteiger partial charge in [-0.05, 0) is 161 Å². The molecule has 0 N–H and O–H groups in total. The zero-order chi connectivity index (χ0) is 34.0. The summed E-state index contributed by atoms with van der Waals surface area (Å²) in [6.45, 7) is 0. The van der Waals surface area contributed by atoms with Crippen molar-refractivity contribution in [3.05, 3.63) is 162 Å². The fourth-order valence-electron chi connectivity index (χ4n) is 13.2. The monoisotopic (exact) mass is 671 g/mol. The first kappa shape index (κ1) is 29.7. The largest absolute Gasteiger partial charge is 0.310 e. The van der Waals surface area contributed by atoms with Crippen molar-refractivity contribution in [3.63, 3.8) is 0 Å². The third-order valence-electron chi connectivity index (χ3n) is 15.2. The van der Waals surface area contributed by atoms with Gasteiger partial charge in [0.05, 0.1) is 0 Å². The van der Waals surface area contributed by atoms with Crippen molar-refractivity contribution in [1.82, 2.24) is 0 Å². The van der Waals surface area contributed by atoms with Crippen LogP contribution in [0.4, 0.5) is 17.1 Å². The second kappa shape index (κ2) is 10.8. The average Bonchev–Trinajstić information content (AvgIpc) is 3.95.